The van der Waals surface area contributed by atoms with Gasteiger partial charge in [0, 0.05) is 24.4 Å². The molecule has 82 valence electrons. The predicted octanol–water partition coefficient (Wildman–Crippen LogP) is 0.432. The van der Waals surface area contributed by atoms with Gasteiger partial charge in [-0.15, -0.1) is 0 Å². The van der Waals surface area contributed by atoms with Crippen LogP contribution >= 0.6 is 0 Å². The number of H-pyrrole nitrogens is 1. The standard InChI is InChI=1S/C10H14N2O3/c1-7(2)10(14)15-6-8(13)5-9-11-3-4-12-9/h3-4,8,13H,1,5-6H2,2H3,(H,11,12). The molecule has 0 fully saturated rings. The van der Waals surface area contributed by atoms with Gasteiger partial charge in [0.1, 0.15) is 12.4 Å². The van der Waals surface area contributed by atoms with Gasteiger partial charge in [-0.3, -0.25) is 0 Å². The van der Waals surface area contributed by atoms with Gasteiger partial charge in [-0.05, 0) is 6.92 Å². The molecule has 0 aliphatic heterocycles. The summed E-state index contributed by atoms with van der Waals surface area (Å²) >= 11 is 0. The van der Waals surface area contributed by atoms with Gasteiger partial charge < -0.3 is 14.8 Å². The van der Waals surface area contributed by atoms with E-state index in [1.807, 2.05) is 0 Å². The van der Waals surface area contributed by atoms with Crippen molar-refractivity contribution in [1.29, 1.82) is 0 Å². The average molecular weight is 210 g/mol. The van der Waals surface area contributed by atoms with E-state index in [1.165, 1.54) is 0 Å². The third-order valence-corrected chi connectivity index (χ3v) is 1.74. The van der Waals surface area contributed by atoms with Crippen LogP contribution in [0.3, 0.4) is 0 Å². The van der Waals surface area contributed by atoms with Crippen LogP contribution in [0.4, 0.5) is 0 Å². The summed E-state index contributed by atoms with van der Waals surface area (Å²) in [5, 5.41) is 9.48. The van der Waals surface area contributed by atoms with Crippen LogP contribution in [-0.4, -0.2) is 33.8 Å². The molecule has 0 saturated heterocycles. The lowest BCUT2D eigenvalue weighted by atomic mass is 10.2. The van der Waals surface area contributed by atoms with E-state index in [-0.39, 0.29) is 6.61 Å². The second kappa shape index (κ2) is 5.31. The molecule has 1 atom stereocenters. The molecule has 1 aromatic rings. The van der Waals surface area contributed by atoms with Crippen molar-refractivity contribution < 1.29 is 14.6 Å². The summed E-state index contributed by atoms with van der Waals surface area (Å²) in [5.74, 6) is 0.169. The Hall–Kier alpha value is -1.62. The van der Waals surface area contributed by atoms with Crippen LogP contribution < -0.4 is 0 Å². The normalized spacial score (nSPS) is 12.1. The molecular formula is C10H14N2O3. The van der Waals surface area contributed by atoms with Crippen molar-refractivity contribution in [3.8, 4) is 0 Å². The molecule has 0 spiro atoms. The minimum Gasteiger partial charge on any atom is -0.460 e. The van der Waals surface area contributed by atoms with Gasteiger partial charge in [0.15, 0.2) is 0 Å². The summed E-state index contributed by atoms with van der Waals surface area (Å²) in [5.41, 5.74) is 0.320. The van der Waals surface area contributed by atoms with Crippen LogP contribution in [0.1, 0.15) is 12.7 Å². The Morgan fingerprint density at radius 1 is 1.80 bits per heavy atom. The summed E-state index contributed by atoms with van der Waals surface area (Å²) in [6.45, 7) is 4.94. The van der Waals surface area contributed by atoms with E-state index in [2.05, 4.69) is 16.5 Å². The van der Waals surface area contributed by atoms with Crippen molar-refractivity contribution in [2.24, 2.45) is 0 Å². The zero-order valence-electron chi connectivity index (χ0n) is 8.56. The number of carbonyl (C=O) groups excluding carboxylic acids is 1. The molecule has 1 aromatic heterocycles. The van der Waals surface area contributed by atoms with Crippen molar-refractivity contribution in [3.63, 3.8) is 0 Å². The smallest absolute Gasteiger partial charge is 0.333 e. The highest BCUT2D eigenvalue weighted by Gasteiger charge is 2.10. The first kappa shape index (κ1) is 11.5. The topological polar surface area (TPSA) is 75.2 Å². The Morgan fingerprint density at radius 2 is 2.53 bits per heavy atom. The van der Waals surface area contributed by atoms with Crippen molar-refractivity contribution in [3.05, 3.63) is 30.4 Å². The fourth-order valence-corrected chi connectivity index (χ4v) is 0.987. The second-order valence-corrected chi connectivity index (χ2v) is 3.27. The summed E-state index contributed by atoms with van der Waals surface area (Å²) in [6.07, 6.45) is 2.85. The number of aromatic nitrogens is 2. The Bertz CT molecular complexity index is 332. The lowest BCUT2D eigenvalue weighted by Crippen LogP contribution is -2.21. The third kappa shape index (κ3) is 3.95. The SMILES string of the molecule is C=C(C)C(=O)OCC(O)Cc1ncc[nH]1. The molecular weight excluding hydrogens is 196 g/mol. The fourth-order valence-electron chi connectivity index (χ4n) is 0.987. The van der Waals surface area contributed by atoms with Gasteiger partial charge >= 0.3 is 5.97 Å². The van der Waals surface area contributed by atoms with E-state index in [4.69, 9.17) is 4.74 Å². The van der Waals surface area contributed by atoms with E-state index in [0.29, 0.717) is 17.8 Å². The van der Waals surface area contributed by atoms with Crippen LogP contribution in [0.5, 0.6) is 0 Å². The van der Waals surface area contributed by atoms with Gasteiger partial charge in [0.2, 0.25) is 0 Å². The highest BCUT2D eigenvalue weighted by Crippen LogP contribution is 1.99. The van der Waals surface area contributed by atoms with E-state index in [9.17, 15) is 9.90 Å². The minimum atomic E-state index is -0.751. The number of ether oxygens (including phenoxy) is 1. The van der Waals surface area contributed by atoms with Crippen molar-refractivity contribution >= 4 is 5.97 Å². The molecule has 0 amide bonds. The quantitative estimate of drug-likeness (QED) is 0.546. The number of carbonyl (C=O) groups is 1. The Morgan fingerprint density at radius 3 is 3.07 bits per heavy atom. The van der Waals surface area contributed by atoms with Gasteiger partial charge in [-0.1, -0.05) is 6.58 Å². The van der Waals surface area contributed by atoms with E-state index < -0.39 is 12.1 Å². The highest BCUT2D eigenvalue weighted by atomic mass is 16.5. The van der Waals surface area contributed by atoms with Gasteiger partial charge in [0.25, 0.3) is 0 Å². The van der Waals surface area contributed by atoms with Crippen molar-refractivity contribution in [2.75, 3.05) is 6.61 Å². The number of rotatable bonds is 5. The Balaban J connectivity index is 2.28. The lowest BCUT2D eigenvalue weighted by Gasteiger charge is -2.09. The molecule has 5 nitrogen and oxygen atoms in total. The minimum absolute atomic E-state index is 0.0492. The molecule has 1 heterocycles. The molecule has 1 rings (SSSR count). The van der Waals surface area contributed by atoms with Crippen LogP contribution in [0, 0.1) is 0 Å². The summed E-state index contributed by atoms with van der Waals surface area (Å²) in [7, 11) is 0. The summed E-state index contributed by atoms with van der Waals surface area (Å²) in [4.78, 5) is 17.8. The first-order valence-corrected chi connectivity index (χ1v) is 4.58. The molecule has 0 radical (unpaired) electrons. The van der Waals surface area contributed by atoms with Crippen LogP contribution in [0.25, 0.3) is 0 Å². The number of aliphatic hydroxyl groups excluding tert-OH is 1. The Kier molecular flexibility index (Phi) is 4.05. The number of esters is 1. The highest BCUT2D eigenvalue weighted by molar-refractivity contribution is 5.86. The molecule has 0 bridgehead atoms. The number of aromatic amines is 1. The first-order valence-electron chi connectivity index (χ1n) is 4.58. The average Bonchev–Trinajstić information content (AvgIpc) is 2.66. The summed E-state index contributed by atoms with van der Waals surface area (Å²) < 4.78 is 4.78. The number of aliphatic hydroxyl groups is 1. The Labute approximate surface area is 87.8 Å². The second-order valence-electron chi connectivity index (χ2n) is 3.27. The van der Waals surface area contributed by atoms with E-state index in [1.54, 1.807) is 19.3 Å². The lowest BCUT2D eigenvalue weighted by molar-refractivity contribution is -0.141. The summed E-state index contributed by atoms with van der Waals surface area (Å²) in [6, 6.07) is 0. The number of imidazole rings is 1. The molecule has 0 aliphatic carbocycles. The maximum absolute atomic E-state index is 11.0. The maximum atomic E-state index is 11.0. The van der Waals surface area contributed by atoms with Gasteiger partial charge in [0.05, 0.1) is 6.10 Å². The zero-order chi connectivity index (χ0) is 11.3. The molecule has 0 aliphatic rings. The number of hydrogen-bond acceptors (Lipinski definition) is 4. The van der Waals surface area contributed by atoms with Gasteiger partial charge in [-0.25, -0.2) is 9.78 Å². The fraction of sp³-hybridized carbons (Fsp3) is 0.400. The number of nitrogens with zero attached hydrogens (tertiary/aromatic N) is 1. The van der Waals surface area contributed by atoms with Gasteiger partial charge in [-0.2, -0.15) is 0 Å². The molecule has 1 unspecified atom stereocenters. The largest absolute Gasteiger partial charge is 0.460 e. The molecule has 0 aromatic carbocycles. The number of hydrogen-bond donors (Lipinski definition) is 2. The molecule has 0 saturated carbocycles. The van der Waals surface area contributed by atoms with Crippen LogP contribution in [0.15, 0.2) is 24.5 Å². The molecule has 15 heavy (non-hydrogen) atoms. The van der Waals surface area contributed by atoms with Crippen molar-refractivity contribution in [2.45, 2.75) is 19.4 Å². The maximum Gasteiger partial charge on any atom is 0.333 e. The molecule has 5 heteroatoms. The monoisotopic (exact) mass is 210 g/mol. The van der Waals surface area contributed by atoms with Crippen LogP contribution in [-0.2, 0) is 16.0 Å². The zero-order valence-corrected chi connectivity index (χ0v) is 8.56. The van der Waals surface area contributed by atoms with E-state index in [0.717, 1.165) is 0 Å². The third-order valence-electron chi connectivity index (χ3n) is 1.74. The first-order chi connectivity index (χ1) is 7.09. The van der Waals surface area contributed by atoms with Crippen molar-refractivity contribution in [1.82, 2.24) is 9.97 Å². The van der Waals surface area contributed by atoms with E-state index >= 15 is 0 Å². The molecule has 2 N–H and O–H groups in total. The van der Waals surface area contributed by atoms with Crippen LogP contribution in [0.2, 0.25) is 0 Å². The predicted molar refractivity (Wildman–Crippen MR) is 54.1 cm³/mol. The number of nitrogens with one attached hydrogen (secondary N) is 1.